The van der Waals surface area contributed by atoms with E-state index in [9.17, 15) is 4.79 Å². The highest BCUT2D eigenvalue weighted by atomic mass is 79.9. The Labute approximate surface area is 185 Å². The Bertz CT molecular complexity index is 1130. The number of benzene rings is 1. The van der Waals surface area contributed by atoms with Crippen molar-refractivity contribution >= 4 is 32.7 Å². The van der Waals surface area contributed by atoms with E-state index in [0.29, 0.717) is 29.5 Å². The van der Waals surface area contributed by atoms with Crippen LogP contribution < -0.4 is 0 Å². The summed E-state index contributed by atoms with van der Waals surface area (Å²) in [5, 5.41) is 9.11. The van der Waals surface area contributed by atoms with Gasteiger partial charge in [0, 0.05) is 35.1 Å². The van der Waals surface area contributed by atoms with E-state index < -0.39 is 0 Å². The highest BCUT2D eigenvalue weighted by molar-refractivity contribution is 9.10. The van der Waals surface area contributed by atoms with Crippen molar-refractivity contribution in [3.05, 3.63) is 57.8 Å². The number of nitriles is 1. The zero-order chi connectivity index (χ0) is 21.4. The van der Waals surface area contributed by atoms with Gasteiger partial charge in [0.05, 0.1) is 34.8 Å². The van der Waals surface area contributed by atoms with Crippen molar-refractivity contribution in [2.75, 3.05) is 19.6 Å². The Morgan fingerprint density at radius 2 is 1.90 bits per heavy atom. The summed E-state index contributed by atoms with van der Waals surface area (Å²) in [6, 6.07) is 11.6. The van der Waals surface area contributed by atoms with Gasteiger partial charge in [0.1, 0.15) is 0 Å². The molecule has 154 valence electrons. The molecule has 1 aliphatic heterocycles. The summed E-state index contributed by atoms with van der Waals surface area (Å²) in [6.45, 7) is 8.83. The fourth-order valence-electron chi connectivity index (χ4n) is 4.81. The summed E-state index contributed by atoms with van der Waals surface area (Å²) in [5.74, 6) is 1.33. The van der Waals surface area contributed by atoms with Gasteiger partial charge in [-0.3, -0.25) is 14.7 Å². The standard InChI is InChI=1S/C24H25BrN4O/c1-15-8-16(2)13-28(12-15)14-22(30)23-17(3)29(20-6-4-18(10-26)5-7-20)21-9-19(25)11-27-24(21)23/h4-7,9,11,15-16H,8,12-14H2,1-3H3/t15-,16-/m0/s1. The molecule has 1 saturated heterocycles. The molecule has 0 spiro atoms. The van der Waals surface area contributed by atoms with Crippen LogP contribution in [-0.4, -0.2) is 39.9 Å². The molecule has 30 heavy (non-hydrogen) atoms. The molecule has 0 unspecified atom stereocenters. The summed E-state index contributed by atoms with van der Waals surface area (Å²) in [7, 11) is 0. The van der Waals surface area contributed by atoms with Crippen LogP contribution in [0.4, 0.5) is 0 Å². The molecule has 3 aromatic rings. The summed E-state index contributed by atoms with van der Waals surface area (Å²) < 4.78 is 2.92. The van der Waals surface area contributed by atoms with Crippen LogP contribution in [-0.2, 0) is 0 Å². The van der Waals surface area contributed by atoms with Crippen LogP contribution in [0.25, 0.3) is 16.7 Å². The largest absolute Gasteiger partial charge is 0.311 e. The molecule has 1 aromatic carbocycles. The second-order valence-corrected chi connectivity index (χ2v) is 9.45. The molecule has 2 aromatic heterocycles. The number of ketones is 1. The van der Waals surface area contributed by atoms with Gasteiger partial charge in [0.2, 0.25) is 0 Å². The van der Waals surface area contributed by atoms with Gasteiger partial charge in [0.15, 0.2) is 5.78 Å². The van der Waals surface area contributed by atoms with Gasteiger partial charge in [-0.2, -0.15) is 5.26 Å². The lowest BCUT2D eigenvalue weighted by Crippen LogP contribution is -2.41. The molecule has 0 aliphatic carbocycles. The molecule has 0 amide bonds. The minimum absolute atomic E-state index is 0.112. The van der Waals surface area contributed by atoms with Gasteiger partial charge in [-0.05, 0) is 71.4 Å². The van der Waals surface area contributed by atoms with Gasteiger partial charge < -0.3 is 4.57 Å². The maximum atomic E-state index is 13.4. The van der Waals surface area contributed by atoms with Crippen LogP contribution >= 0.6 is 15.9 Å². The number of carbonyl (C=O) groups excluding carboxylic acids is 1. The quantitative estimate of drug-likeness (QED) is 0.502. The number of fused-ring (bicyclic) bond motifs is 1. The number of aromatic nitrogens is 2. The lowest BCUT2D eigenvalue weighted by Gasteiger charge is -2.34. The number of pyridine rings is 1. The first kappa shape index (κ1) is 20.8. The predicted molar refractivity (Wildman–Crippen MR) is 122 cm³/mol. The van der Waals surface area contributed by atoms with Gasteiger partial charge >= 0.3 is 0 Å². The van der Waals surface area contributed by atoms with E-state index in [4.69, 9.17) is 5.26 Å². The third-order valence-electron chi connectivity index (χ3n) is 5.85. The lowest BCUT2D eigenvalue weighted by atomic mass is 9.91. The van der Waals surface area contributed by atoms with Crippen LogP contribution in [0.15, 0.2) is 41.0 Å². The zero-order valence-corrected chi connectivity index (χ0v) is 19.1. The molecule has 0 bridgehead atoms. The first-order valence-corrected chi connectivity index (χ1v) is 11.1. The Kier molecular flexibility index (Phi) is 5.77. The van der Waals surface area contributed by atoms with Gasteiger partial charge in [-0.1, -0.05) is 13.8 Å². The second kappa shape index (κ2) is 8.33. The predicted octanol–water partition coefficient (Wildman–Crippen LogP) is 5.13. The number of rotatable bonds is 4. The van der Waals surface area contributed by atoms with Crippen LogP contribution in [0.1, 0.15) is 41.9 Å². The van der Waals surface area contributed by atoms with Crippen molar-refractivity contribution in [1.82, 2.24) is 14.5 Å². The van der Waals surface area contributed by atoms with Crippen LogP contribution in [0, 0.1) is 30.1 Å². The van der Waals surface area contributed by atoms with E-state index in [-0.39, 0.29) is 5.78 Å². The lowest BCUT2D eigenvalue weighted by molar-refractivity contribution is 0.0850. The topological polar surface area (TPSA) is 61.9 Å². The maximum absolute atomic E-state index is 13.4. The highest BCUT2D eigenvalue weighted by Gasteiger charge is 2.27. The second-order valence-electron chi connectivity index (χ2n) is 8.54. The third kappa shape index (κ3) is 3.92. The van der Waals surface area contributed by atoms with E-state index in [1.54, 1.807) is 18.3 Å². The number of hydrogen-bond acceptors (Lipinski definition) is 4. The van der Waals surface area contributed by atoms with E-state index in [1.807, 2.05) is 25.1 Å². The van der Waals surface area contributed by atoms with Crippen LogP contribution in [0.2, 0.25) is 0 Å². The number of hydrogen-bond donors (Lipinski definition) is 0. The van der Waals surface area contributed by atoms with Crippen molar-refractivity contribution in [3.8, 4) is 11.8 Å². The number of carbonyl (C=O) groups is 1. The fraction of sp³-hybridized carbons (Fsp3) is 0.375. The van der Waals surface area contributed by atoms with E-state index in [0.717, 1.165) is 40.0 Å². The Balaban J connectivity index is 1.77. The van der Waals surface area contributed by atoms with E-state index in [1.165, 1.54) is 6.42 Å². The summed E-state index contributed by atoms with van der Waals surface area (Å²) in [5.41, 5.74) is 4.70. The average molecular weight is 465 g/mol. The number of Topliss-reactive ketones (excluding diaryl/α,β-unsaturated/α-hetero) is 1. The summed E-state index contributed by atoms with van der Waals surface area (Å²) in [6.07, 6.45) is 2.96. The van der Waals surface area contributed by atoms with Crippen molar-refractivity contribution in [1.29, 1.82) is 5.26 Å². The number of nitrogens with zero attached hydrogens (tertiary/aromatic N) is 4. The molecular weight excluding hydrogens is 440 g/mol. The fourth-order valence-corrected chi connectivity index (χ4v) is 5.13. The van der Waals surface area contributed by atoms with Gasteiger partial charge in [0.25, 0.3) is 0 Å². The highest BCUT2D eigenvalue weighted by Crippen LogP contribution is 2.31. The van der Waals surface area contributed by atoms with Crippen LogP contribution in [0.3, 0.4) is 0 Å². The number of likely N-dealkylation sites (tertiary alicyclic amines) is 1. The first-order chi connectivity index (χ1) is 14.4. The van der Waals surface area contributed by atoms with Crippen molar-refractivity contribution in [2.45, 2.75) is 27.2 Å². The van der Waals surface area contributed by atoms with E-state index >= 15 is 0 Å². The van der Waals surface area contributed by atoms with Gasteiger partial charge in [-0.25, -0.2) is 0 Å². The molecule has 4 rings (SSSR count). The minimum atomic E-state index is 0.112. The molecule has 1 aliphatic rings. The SMILES string of the molecule is Cc1c(C(=O)CN2C[C@@H](C)C[C@H](C)C2)c2ncc(Br)cc2n1-c1ccc(C#N)cc1. The molecule has 5 nitrogen and oxygen atoms in total. The van der Waals surface area contributed by atoms with Gasteiger partial charge in [-0.15, -0.1) is 0 Å². The molecule has 0 N–H and O–H groups in total. The Morgan fingerprint density at radius 3 is 2.53 bits per heavy atom. The molecule has 1 fully saturated rings. The zero-order valence-electron chi connectivity index (χ0n) is 17.5. The van der Waals surface area contributed by atoms with Crippen LogP contribution in [0.5, 0.6) is 0 Å². The molecular formula is C24H25BrN4O. The normalized spacial score (nSPS) is 19.7. The molecule has 2 atom stereocenters. The number of piperidine rings is 1. The van der Waals surface area contributed by atoms with E-state index in [2.05, 4.69) is 50.3 Å². The molecule has 0 radical (unpaired) electrons. The van der Waals surface area contributed by atoms with Crippen molar-refractivity contribution in [3.63, 3.8) is 0 Å². The smallest absolute Gasteiger partial charge is 0.180 e. The monoisotopic (exact) mass is 464 g/mol. The molecule has 6 heteroatoms. The Morgan fingerprint density at radius 1 is 1.23 bits per heavy atom. The average Bonchev–Trinajstić information content (AvgIpc) is 2.98. The third-order valence-corrected chi connectivity index (χ3v) is 6.29. The minimum Gasteiger partial charge on any atom is -0.311 e. The van der Waals surface area contributed by atoms with Crippen molar-refractivity contribution in [2.24, 2.45) is 11.8 Å². The summed E-state index contributed by atoms with van der Waals surface area (Å²) >= 11 is 3.51. The molecule has 3 heterocycles. The summed E-state index contributed by atoms with van der Waals surface area (Å²) in [4.78, 5) is 20.3. The maximum Gasteiger partial charge on any atom is 0.180 e. The van der Waals surface area contributed by atoms with Crippen molar-refractivity contribution < 1.29 is 4.79 Å². The Hall–Kier alpha value is -2.49. The first-order valence-electron chi connectivity index (χ1n) is 10.3. The number of halogens is 1. The molecule has 0 saturated carbocycles.